The molecule has 1 aliphatic carbocycles. The minimum atomic E-state index is -4.34. The molecule has 21 heavy (non-hydrogen) atoms. The van der Waals surface area contributed by atoms with Gasteiger partial charge < -0.3 is 10.1 Å². The molecule has 6 heteroatoms. The number of aromatic nitrogens is 1. The Balaban J connectivity index is 1.63. The molecule has 3 nitrogen and oxygen atoms in total. The molecule has 0 radical (unpaired) electrons. The summed E-state index contributed by atoms with van der Waals surface area (Å²) in [6.07, 6.45) is 2.90. The van der Waals surface area contributed by atoms with E-state index in [4.69, 9.17) is 4.74 Å². The summed E-state index contributed by atoms with van der Waals surface area (Å²) in [5.74, 6) is 0.503. The molecule has 1 saturated heterocycles. The molecule has 116 valence electrons. The molecular weight excluding hydrogens is 281 g/mol. The van der Waals surface area contributed by atoms with Crippen molar-refractivity contribution in [3.8, 4) is 0 Å². The summed E-state index contributed by atoms with van der Waals surface area (Å²) in [4.78, 5) is 3.88. The molecule has 3 rings (SSSR count). The van der Waals surface area contributed by atoms with Gasteiger partial charge in [0.2, 0.25) is 0 Å². The Morgan fingerprint density at radius 3 is 2.62 bits per heavy atom. The lowest BCUT2D eigenvalue weighted by atomic mass is 9.89. The summed E-state index contributed by atoms with van der Waals surface area (Å²) in [5.41, 5.74) is -0.728. The number of nitrogens with one attached hydrogen (secondary N) is 1. The van der Waals surface area contributed by atoms with Gasteiger partial charge in [-0.2, -0.15) is 13.2 Å². The smallest absolute Gasteiger partial charge is 0.375 e. The molecule has 0 aromatic carbocycles. The number of pyridine rings is 1. The average Bonchev–Trinajstić information content (AvgIpc) is 2.86. The van der Waals surface area contributed by atoms with Crippen molar-refractivity contribution in [3.63, 3.8) is 0 Å². The third-order valence-electron chi connectivity index (χ3n) is 4.45. The van der Waals surface area contributed by atoms with Crippen LogP contribution in [0.3, 0.4) is 0 Å². The van der Waals surface area contributed by atoms with Crippen LogP contribution in [0.15, 0.2) is 18.3 Å². The van der Waals surface area contributed by atoms with Gasteiger partial charge in [0, 0.05) is 18.8 Å². The topological polar surface area (TPSA) is 34.1 Å². The molecule has 1 unspecified atom stereocenters. The van der Waals surface area contributed by atoms with Crippen LogP contribution in [0.1, 0.15) is 44.1 Å². The van der Waals surface area contributed by atoms with Gasteiger partial charge in [0.15, 0.2) is 0 Å². The minimum absolute atomic E-state index is 0.0121. The fraction of sp³-hybridized carbons (Fsp3) is 0.667. The van der Waals surface area contributed by atoms with Crippen LogP contribution < -0.4 is 5.32 Å². The molecule has 2 heterocycles. The maximum atomic E-state index is 12.5. The highest BCUT2D eigenvalue weighted by Gasteiger charge is 2.40. The number of hydrogen-bond acceptors (Lipinski definition) is 3. The van der Waals surface area contributed by atoms with Crippen molar-refractivity contribution in [2.75, 3.05) is 11.9 Å². The highest BCUT2D eigenvalue weighted by atomic mass is 19.4. The molecule has 2 aliphatic rings. The van der Waals surface area contributed by atoms with Crippen LogP contribution in [-0.2, 0) is 10.9 Å². The predicted molar refractivity (Wildman–Crippen MR) is 73.0 cm³/mol. The molecule has 1 aliphatic heterocycles. The van der Waals surface area contributed by atoms with Crippen molar-refractivity contribution in [2.45, 2.75) is 56.3 Å². The van der Waals surface area contributed by atoms with Gasteiger partial charge in [-0.15, -0.1) is 0 Å². The molecule has 1 aromatic heterocycles. The fourth-order valence-electron chi connectivity index (χ4n) is 3.37. The van der Waals surface area contributed by atoms with E-state index in [1.807, 2.05) is 0 Å². The predicted octanol–water partition coefficient (Wildman–Crippen LogP) is 4.00. The second-order valence-electron chi connectivity index (χ2n) is 6.00. The molecular formula is C15H19F3N2O. The van der Waals surface area contributed by atoms with E-state index in [1.165, 1.54) is 18.9 Å². The van der Waals surface area contributed by atoms with Crippen molar-refractivity contribution in [2.24, 2.45) is 0 Å². The fourth-order valence-corrected chi connectivity index (χ4v) is 3.37. The summed E-state index contributed by atoms with van der Waals surface area (Å²) < 4.78 is 43.5. The second kappa shape index (κ2) is 5.48. The average molecular weight is 300 g/mol. The van der Waals surface area contributed by atoms with Crippen LogP contribution in [0.2, 0.25) is 0 Å². The number of ether oxygens (including phenoxy) is 1. The van der Waals surface area contributed by atoms with Gasteiger partial charge in [0.05, 0.1) is 11.2 Å². The highest BCUT2D eigenvalue weighted by molar-refractivity contribution is 5.37. The van der Waals surface area contributed by atoms with Crippen molar-refractivity contribution < 1.29 is 17.9 Å². The number of rotatable bonds is 2. The molecule has 0 bridgehead atoms. The summed E-state index contributed by atoms with van der Waals surface area (Å²) in [6.45, 7) is 0.707. The summed E-state index contributed by atoms with van der Waals surface area (Å²) in [5, 5.41) is 3.25. The van der Waals surface area contributed by atoms with E-state index in [0.29, 0.717) is 12.4 Å². The van der Waals surface area contributed by atoms with Gasteiger partial charge in [-0.1, -0.05) is 12.8 Å². The van der Waals surface area contributed by atoms with Crippen molar-refractivity contribution >= 4 is 5.82 Å². The first kappa shape index (κ1) is 14.6. The Labute approximate surface area is 121 Å². The lowest BCUT2D eigenvalue weighted by Crippen LogP contribution is -2.42. The number of nitrogens with zero attached hydrogens (tertiary/aromatic N) is 1. The third-order valence-corrected chi connectivity index (χ3v) is 4.45. The van der Waals surface area contributed by atoms with Crippen LogP contribution in [0, 0.1) is 0 Å². The number of hydrogen-bond donors (Lipinski definition) is 1. The van der Waals surface area contributed by atoms with Crippen molar-refractivity contribution in [1.29, 1.82) is 0 Å². The lowest BCUT2D eigenvalue weighted by Gasteiger charge is -2.38. The zero-order chi connectivity index (χ0) is 14.9. The van der Waals surface area contributed by atoms with E-state index in [2.05, 4.69) is 10.3 Å². The van der Waals surface area contributed by atoms with Crippen LogP contribution in [0.4, 0.5) is 19.0 Å². The molecule has 2 fully saturated rings. The Bertz CT molecular complexity index is 481. The van der Waals surface area contributed by atoms with Crippen molar-refractivity contribution in [1.82, 2.24) is 4.98 Å². The Kier molecular flexibility index (Phi) is 3.82. The Hall–Kier alpha value is -1.30. The van der Waals surface area contributed by atoms with Crippen molar-refractivity contribution in [3.05, 3.63) is 23.9 Å². The summed E-state index contributed by atoms with van der Waals surface area (Å²) in [6, 6.07) is 2.70. The lowest BCUT2D eigenvalue weighted by molar-refractivity contribution is -0.137. The standard InChI is InChI=1S/C15H19F3N2O/c16-15(17,18)11-3-4-13(19-10-11)20-12-5-8-21-14(9-12)6-1-2-7-14/h3-4,10,12H,1-2,5-9H2,(H,19,20). The minimum Gasteiger partial charge on any atom is -0.375 e. The van der Waals surface area contributed by atoms with Crippen LogP contribution >= 0.6 is 0 Å². The first-order chi connectivity index (χ1) is 9.97. The van der Waals surface area contributed by atoms with Gasteiger partial charge in [-0.05, 0) is 37.8 Å². The van der Waals surface area contributed by atoms with Gasteiger partial charge >= 0.3 is 6.18 Å². The Morgan fingerprint density at radius 2 is 2.00 bits per heavy atom. The first-order valence-corrected chi connectivity index (χ1v) is 7.41. The quantitative estimate of drug-likeness (QED) is 0.896. The van der Waals surface area contributed by atoms with E-state index < -0.39 is 11.7 Å². The van der Waals surface area contributed by atoms with E-state index in [9.17, 15) is 13.2 Å². The van der Waals surface area contributed by atoms with Gasteiger partial charge in [-0.25, -0.2) is 4.98 Å². The molecule has 1 spiro atoms. The second-order valence-corrected chi connectivity index (χ2v) is 6.00. The summed E-state index contributed by atoms with van der Waals surface area (Å²) in [7, 11) is 0. The van der Waals surface area contributed by atoms with E-state index in [0.717, 1.165) is 37.9 Å². The van der Waals surface area contributed by atoms with Crippen LogP contribution in [-0.4, -0.2) is 23.2 Å². The Morgan fingerprint density at radius 1 is 1.24 bits per heavy atom. The van der Waals surface area contributed by atoms with E-state index in [-0.39, 0.29) is 11.6 Å². The van der Waals surface area contributed by atoms with E-state index >= 15 is 0 Å². The normalized spacial score (nSPS) is 25.2. The van der Waals surface area contributed by atoms with Crippen LogP contribution in [0.25, 0.3) is 0 Å². The highest BCUT2D eigenvalue weighted by Crippen LogP contribution is 2.40. The molecule has 1 atom stereocenters. The molecule has 1 N–H and O–H groups in total. The van der Waals surface area contributed by atoms with Gasteiger partial charge in [-0.3, -0.25) is 0 Å². The third kappa shape index (κ3) is 3.31. The van der Waals surface area contributed by atoms with E-state index in [1.54, 1.807) is 0 Å². The zero-order valence-electron chi connectivity index (χ0n) is 11.7. The number of halogens is 3. The van der Waals surface area contributed by atoms with Gasteiger partial charge in [0.25, 0.3) is 0 Å². The molecule has 1 aromatic rings. The molecule has 1 saturated carbocycles. The summed E-state index contributed by atoms with van der Waals surface area (Å²) >= 11 is 0. The molecule has 0 amide bonds. The zero-order valence-corrected chi connectivity index (χ0v) is 11.7. The maximum Gasteiger partial charge on any atom is 0.417 e. The first-order valence-electron chi connectivity index (χ1n) is 7.41. The van der Waals surface area contributed by atoms with Gasteiger partial charge in [0.1, 0.15) is 5.82 Å². The van der Waals surface area contributed by atoms with Crippen LogP contribution in [0.5, 0.6) is 0 Å². The SMILES string of the molecule is FC(F)(F)c1ccc(NC2CCOC3(CCCC3)C2)nc1. The number of anilines is 1. The monoisotopic (exact) mass is 300 g/mol. The number of alkyl halides is 3. The largest absolute Gasteiger partial charge is 0.417 e. The maximum absolute atomic E-state index is 12.5.